The maximum Gasteiger partial charge on any atom is 0.123 e. The number of aromatic nitrogens is 2. The van der Waals surface area contributed by atoms with Gasteiger partial charge in [0.2, 0.25) is 0 Å². The molecule has 0 saturated carbocycles. The first-order chi connectivity index (χ1) is 13.6. The molecule has 156 valence electrons. The molecule has 1 fully saturated rings. The van der Waals surface area contributed by atoms with Crippen LogP contribution in [0.4, 0.5) is 4.39 Å². The molecule has 5 nitrogen and oxygen atoms in total. The number of aryl methyl sites for hydroxylation is 1. The molecule has 1 aliphatic heterocycles. The summed E-state index contributed by atoms with van der Waals surface area (Å²) in [5.74, 6) is 0.780. The summed E-state index contributed by atoms with van der Waals surface area (Å²) < 4.78 is 20.8. The van der Waals surface area contributed by atoms with Gasteiger partial charge in [0.15, 0.2) is 0 Å². The van der Waals surface area contributed by atoms with Gasteiger partial charge in [-0.1, -0.05) is 0 Å². The number of hydrogen-bond donors (Lipinski definition) is 1. The second-order valence-electron chi connectivity index (χ2n) is 7.44. The van der Waals surface area contributed by atoms with Crippen LogP contribution < -0.4 is 5.32 Å². The van der Waals surface area contributed by atoms with Gasteiger partial charge in [-0.2, -0.15) is 5.10 Å². The number of rotatable bonds is 7. The van der Waals surface area contributed by atoms with Crippen LogP contribution in [0.15, 0.2) is 47.1 Å². The van der Waals surface area contributed by atoms with E-state index in [9.17, 15) is 4.39 Å². The number of nitrogens with one attached hydrogen (secondary N) is 1. The SMILES string of the molecule is Cc1nn(-c2ccc(F)cc2)c(C)c1CNCC(c1ccco1)N1CCCC1.Cl. The van der Waals surface area contributed by atoms with Crippen molar-refractivity contribution in [2.45, 2.75) is 39.3 Å². The van der Waals surface area contributed by atoms with Crippen molar-refractivity contribution in [3.05, 3.63) is 71.2 Å². The lowest BCUT2D eigenvalue weighted by molar-refractivity contribution is 0.209. The Hall–Kier alpha value is -2.15. The first-order valence-corrected chi connectivity index (χ1v) is 9.92. The maximum absolute atomic E-state index is 13.2. The van der Waals surface area contributed by atoms with Crippen LogP contribution in [0.3, 0.4) is 0 Å². The topological polar surface area (TPSA) is 46.2 Å². The lowest BCUT2D eigenvalue weighted by Gasteiger charge is -2.26. The molecule has 3 aromatic rings. The molecule has 1 unspecified atom stereocenters. The number of halogens is 2. The fourth-order valence-electron chi connectivity index (χ4n) is 4.04. The standard InChI is InChI=1S/C22H27FN4O.ClH/c1-16-20(17(2)27(25-16)19-9-7-18(23)8-10-19)14-24-15-21(22-6-5-13-28-22)26-11-3-4-12-26;/h5-10,13,21,24H,3-4,11-12,14-15H2,1-2H3;1H. The van der Waals surface area contributed by atoms with Gasteiger partial charge in [-0.05, 0) is 76.2 Å². The van der Waals surface area contributed by atoms with Crippen molar-refractivity contribution >= 4 is 12.4 Å². The molecule has 0 aliphatic carbocycles. The Morgan fingerprint density at radius 1 is 1.14 bits per heavy atom. The Kier molecular flexibility index (Phi) is 7.11. The van der Waals surface area contributed by atoms with Gasteiger partial charge in [-0.3, -0.25) is 4.90 Å². The van der Waals surface area contributed by atoms with E-state index >= 15 is 0 Å². The molecule has 29 heavy (non-hydrogen) atoms. The average molecular weight is 419 g/mol. The number of likely N-dealkylation sites (tertiary alicyclic amines) is 1. The van der Waals surface area contributed by atoms with E-state index < -0.39 is 0 Å². The quantitative estimate of drug-likeness (QED) is 0.610. The third-order valence-corrected chi connectivity index (χ3v) is 5.60. The maximum atomic E-state index is 13.2. The van der Waals surface area contributed by atoms with Crippen molar-refractivity contribution < 1.29 is 8.81 Å². The van der Waals surface area contributed by atoms with E-state index in [2.05, 4.69) is 28.3 Å². The minimum Gasteiger partial charge on any atom is -0.468 e. The highest BCUT2D eigenvalue weighted by molar-refractivity contribution is 5.85. The zero-order valence-corrected chi connectivity index (χ0v) is 17.7. The van der Waals surface area contributed by atoms with Crippen LogP contribution in [0.5, 0.6) is 0 Å². The highest BCUT2D eigenvalue weighted by atomic mass is 35.5. The van der Waals surface area contributed by atoms with Crippen molar-refractivity contribution in [2.75, 3.05) is 19.6 Å². The van der Waals surface area contributed by atoms with Crippen LogP contribution in [0.2, 0.25) is 0 Å². The molecule has 0 spiro atoms. The van der Waals surface area contributed by atoms with Gasteiger partial charge in [0.25, 0.3) is 0 Å². The Bertz CT molecular complexity index is 902. The average Bonchev–Trinajstić information content (AvgIpc) is 3.44. The zero-order valence-electron chi connectivity index (χ0n) is 16.9. The van der Waals surface area contributed by atoms with E-state index in [1.165, 1.54) is 30.5 Å². The predicted molar refractivity (Wildman–Crippen MR) is 114 cm³/mol. The summed E-state index contributed by atoms with van der Waals surface area (Å²) in [5, 5.41) is 8.27. The van der Waals surface area contributed by atoms with Crippen LogP contribution in [0, 0.1) is 19.7 Å². The molecule has 1 atom stereocenters. The van der Waals surface area contributed by atoms with Crippen LogP contribution in [-0.2, 0) is 6.54 Å². The second-order valence-corrected chi connectivity index (χ2v) is 7.44. The van der Waals surface area contributed by atoms with E-state index in [0.29, 0.717) is 0 Å². The van der Waals surface area contributed by atoms with Gasteiger partial charge in [-0.15, -0.1) is 12.4 Å². The summed E-state index contributed by atoms with van der Waals surface area (Å²) in [6.45, 7) is 7.89. The second kappa shape index (κ2) is 9.57. The first-order valence-electron chi connectivity index (χ1n) is 9.92. The van der Waals surface area contributed by atoms with E-state index in [1.54, 1.807) is 18.4 Å². The molecule has 0 radical (unpaired) electrons. The van der Waals surface area contributed by atoms with Crippen molar-refractivity contribution in [3.63, 3.8) is 0 Å². The number of furan rings is 1. The summed E-state index contributed by atoms with van der Waals surface area (Å²) in [5.41, 5.74) is 4.13. The van der Waals surface area contributed by atoms with E-state index in [0.717, 1.165) is 49.0 Å². The van der Waals surface area contributed by atoms with Gasteiger partial charge in [0, 0.05) is 24.3 Å². The third kappa shape index (κ3) is 4.71. The highest BCUT2D eigenvalue weighted by Crippen LogP contribution is 2.25. The lowest BCUT2D eigenvalue weighted by atomic mass is 10.1. The molecular weight excluding hydrogens is 391 g/mol. The van der Waals surface area contributed by atoms with E-state index in [-0.39, 0.29) is 24.3 Å². The molecule has 4 rings (SSSR count). The van der Waals surface area contributed by atoms with Crippen LogP contribution in [-0.4, -0.2) is 34.3 Å². The smallest absolute Gasteiger partial charge is 0.123 e. The lowest BCUT2D eigenvalue weighted by Crippen LogP contribution is -2.33. The third-order valence-electron chi connectivity index (χ3n) is 5.60. The predicted octanol–water partition coefficient (Wildman–Crippen LogP) is 4.57. The summed E-state index contributed by atoms with van der Waals surface area (Å²) in [7, 11) is 0. The van der Waals surface area contributed by atoms with E-state index in [4.69, 9.17) is 4.42 Å². The molecule has 0 bridgehead atoms. The fraction of sp³-hybridized carbons (Fsp3) is 0.409. The minimum atomic E-state index is -0.238. The summed E-state index contributed by atoms with van der Waals surface area (Å²) >= 11 is 0. The summed E-state index contributed by atoms with van der Waals surface area (Å²) in [6.07, 6.45) is 4.25. The van der Waals surface area contributed by atoms with Gasteiger partial charge in [0.05, 0.1) is 23.7 Å². The van der Waals surface area contributed by atoms with Crippen LogP contribution in [0.1, 0.15) is 41.6 Å². The van der Waals surface area contributed by atoms with Crippen molar-refractivity contribution in [2.24, 2.45) is 0 Å². The Morgan fingerprint density at radius 2 is 1.86 bits per heavy atom. The minimum absolute atomic E-state index is 0. The first kappa shape index (κ1) is 21.6. The van der Waals surface area contributed by atoms with Gasteiger partial charge >= 0.3 is 0 Å². The van der Waals surface area contributed by atoms with Crippen LogP contribution >= 0.6 is 12.4 Å². The van der Waals surface area contributed by atoms with Crippen LogP contribution in [0.25, 0.3) is 5.69 Å². The van der Waals surface area contributed by atoms with E-state index in [1.807, 2.05) is 17.7 Å². The van der Waals surface area contributed by atoms with Gasteiger partial charge in [0.1, 0.15) is 11.6 Å². The fourth-order valence-corrected chi connectivity index (χ4v) is 4.04. The molecule has 7 heteroatoms. The van der Waals surface area contributed by atoms with Gasteiger partial charge < -0.3 is 9.73 Å². The highest BCUT2D eigenvalue weighted by Gasteiger charge is 2.25. The Balaban J connectivity index is 0.00000240. The normalized spacial score (nSPS) is 15.4. The molecule has 1 aliphatic rings. The van der Waals surface area contributed by atoms with Crippen molar-refractivity contribution in [3.8, 4) is 5.69 Å². The number of benzene rings is 1. The van der Waals surface area contributed by atoms with Gasteiger partial charge in [-0.25, -0.2) is 9.07 Å². The zero-order chi connectivity index (χ0) is 19.5. The van der Waals surface area contributed by atoms with Crippen molar-refractivity contribution in [1.29, 1.82) is 0 Å². The Labute approximate surface area is 177 Å². The van der Waals surface area contributed by atoms with Crippen molar-refractivity contribution in [1.82, 2.24) is 20.0 Å². The molecule has 1 aromatic carbocycles. The number of nitrogens with zero attached hydrogens (tertiary/aromatic N) is 3. The monoisotopic (exact) mass is 418 g/mol. The number of hydrogen-bond acceptors (Lipinski definition) is 4. The molecule has 3 heterocycles. The molecule has 1 saturated heterocycles. The largest absolute Gasteiger partial charge is 0.468 e. The molecular formula is C22H28ClFN4O. The molecule has 2 aromatic heterocycles. The Morgan fingerprint density at radius 3 is 2.52 bits per heavy atom. The summed E-state index contributed by atoms with van der Waals surface area (Å²) in [4.78, 5) is 2.49. The molecule has 1 N–H and O–H groups in total. The summed E-state index contributed by atoms with van der Waals surface area (Å²) in [6, 6.07) is 10.7. The molecule has 0 amide bonds.